The van der Waals surface area contributed by atoms with E-state index in [-0.39, 0.29) is 5.25 Å². The minimum absolute atomic E-state index is 0.0114. The van der Waals surface area contributed by atoms with Crippen molar-refractivity contribution in [3.8, 4) is 6.07 Å². The minimum atomic E-state index is 0.0114. The van der Waals surface area contributed by atoms with E-state index in [9.17, 15) is 0 Å². The Labute approximate surface area is 80.0 Å². The summed E-state index contributed by atoms with van der Waals surface area (Å²) in [5, 5.41) is 8.69. The van der Waals surface area contributed by atoms with E-state index >= 15 is 0 Å². The molecule has 0 aliphatic rings. The lowest BCUT2D eigenvalue weighted by atomic mass is 10.4. The summed E-state index contributed by atoms with van der Waals surface area (Å²) in [6.45, 7) is 3.85. The molecule has 0 radical (unpaired) electrons. The monoisotopic (exact) mass is 199 g/mol. The molecule has 0 aromatic carbocycles. The van der Waals surface area contributed by atoms with Crippen LogP contribution in [0, 0.1) is 18.3 Å². The number of hydrogen-bond acceptors (Lipinski definition) is 5. The summed E-state index contributed by atoms with van der Waals surface area (Å²) in [7, 11) is 0. The zero-order valence-corrected chi connectivity index (χ0v) is 8.58. The number of nitrogens with zero attached hydrogens (tertiary/aromatic N) is 3. The van der Waals surface area contributed by atoms with Crippen molar-refractivity contribution in [3.05, 3.63) is 5.82 Å². The van der Waals surface area contributed by atoms with Crippen LogP contribution in [0.3, 0.4) is 0 Å². The van der Waals surface area contributed by atoms with Crippen LogP contribution in [0.5, 0.6) is 0 Å². The maximum atomic E-state index is 8.68. The van der Waals surface area contributed by atoms with E-state index < -0.39 is 0 Å². The number of rotatable bonds is 3. The van der Waals surface area contributed by atoms with Crippen LogP contribution in [0.2, 0.25) is 0 Å². The summed E-state index contributed by atoms with van der Waals surface area (Å²) in [6, 6.07) is 2.21. The van der Waals surface area contributed by atoms with Gasteiger partial charge in [-0.15, -0.1) is 0 Å². The molecule has 5 heteroatoms. The standard InChI is InChI=1S/C7H9N3S2/c1-3-6(4-8)11-7-9-5(2)10-12-7/h6H,3H2,1-2H3. The Bertz CT molecular complexity index is 289. The molecule has 1 atom stereocenters. The second-order valence-corrected chi connectivity index (χ2v) is 4.45. The van der Waals surface area contributed by atoms with Crippen molar-refractivity contribution in [1.29, 1.82) is 5.26 Å². The molecule has 1 heterocycles. The molecule has 0 aliphatic carbocycles. The lowest BCUT2D eigenvalue weighted by molar-refractivity contribution is 0.980. The van der Waals surface area contributed by atoms with E-state index in [1.807, 2.05) is 13.8 Å². The number of aromatic nitrogens is 2. The quantitative estimate of drug-likeness (QED) is 0.700. The molecular weight excluding hydrogens is 190 g/mol. The summed E-state index contributed by atoms with van der Waals surface area (Å²) in [5.74, 6) is 0.787. The second-order valence-electron chi connectivity index (χ2n) is 2.25. The molecule has 0 aliphatic heterocycles. The maximum absolute atomic E-state index is 8.68. The first kappa shape index (κ1) is 9.49. The molecule has 0 spiro atoms. The number of hydrogen-bond donors (Lipinski definition) is 0. The van der Waals surface area contributed by atoms with Gasteiger partial charge < -0.3 is 0 Å². The first-order chi connectivity index (χ1) is 5.76. The molecule has 12 heavy (non-hydrogen) atoms. The van der Waals surface area contributed by atoms with Gasteiger partial charge in [-0.1, -0.05) is 18.7 Å². The predicted molar refractivity (Wildman–Crippen MR) is 50.2 cm³/mol. The average Bonchev–Trinajstić information content (AvgIpc) is 2.47. The highest BCUT2D eigenvalue weighted by Gasteiger charge is 2.09. The summed E-state index contributed by atoms with van der Waals surface area (Å²) in [5.41, 5.74) is 0. The van der Waals surface area contributed by atoms with Crippen LogP contribution >= 0.6 is 23.3 Å². The van der Waals surface area contributed by atoms with Crippen LogP contribution in [0.4, 0.5) is 0 Å². The van der Waals surface area contributed by atoms with Crippen LogP contribution < -0.4 is 0 Å². The number of thioether (sulfide) groups is 1. The van der Waals surface area contributed by atoms with Crippen LogP contribution in [0.1, 0.15) is 19.2 Å². The minimum Gasteiger partial charge on any atom is -0.213 e. The lowest BCUT2D eigenvalue weighted by Crippen LogP contribution is -1.94. The van der Waals surface area contributed by atoms with E-state index in [1.54, 1.807) is 0 Å². The molecule has 0 bridgehead atoms. The van der Waals surface area contributed by atoms with Crippen molar-refractivity contribution in [2.75, 3.05) is 0 Å². The van der Waals surface area contributed by atoms with E-state index in [4.69, 9.17) is 5.26 Å². The summed E-state index contributed by atoms with van der Waals surface area (Å²) in [4.78, 5) is 4.17. The van der Waals surface area contributed by atoms with Gasteiger partial charge in [-0.25, -0.2) is 4.98 Å². The van der Waals surface area contributed by atoms with E-state index in [0.29, 0.717) is 0 Å². The molecule has 1 aromatic heterocycles. The van der Waals surface area contributed by atoms with Crippen molar-refractivity contribution in [2.24, 2.45) is 0 Å². The third kappa shape index (κ3) is 2.47. The van der Waals surface area contributed by atoms with Gasteiger partial charge in [-0.2, -0.15) is 9.64 Å². The lowest BCUT2D eigenvalue weighted by Gasteiger charge is -1.99. The van der Waals surface area contributed by atoms with Crippen molar-refractivity contribution in [3.63, 3.8) is 0 Å². The van der Waals surface area contributed by atoms with Gasteiger partial charge in [0.15, 0.2) is 4.34 Å². The third-order valence-corrected chi connectivity index (χ3v) is 3.40. The highest BCUT2D eigenvalue weighted by molar-refractivity contribution is 8.01. The highest BCUT2D eigenvalue weighted by Crippen LogP contribution is 2.25. The Morgan fingerprint density at radius 1 is 1.75 bits per heavy atom. The molecule has 1 unspecified atom stereocenters. The largest absolute Gasteiger partial charge is 0.213 e. The Hall–Kier alpha value is -0.600. The first-order valence-electron chi connectivity index (χ1n) is 3.62. The molecule has 1 rings (SSSR count). The van der Waals surface area contributed by atoms with Gasteiger partial charge in [0.1, 0.15) is 5.82 Å². The van der Waals surface area contributed by atoms with Gasteiger partial charge in [-0.3, -0.25) is 0 Å². The van der Waals surface area contributed by atoms with Gasteiger partial charge in [0, 0.05) is 0 Å². The Balaban J connectivity index is 2.58. The Morgan fingerprint density at radius 2 is 2.50 bits per heavy atom. The molecular formula is C7H9N3S2. The number of aryl methyl sites for hydroxylation is 1. The van der Waals surface area contributed by atoms with Gasteiger partial charge >= 0.3 is 0 Å². The molecule has 64 valence electrons. The van der Waals surface area contributed by atoms with Crippen molar-refractivity contribution < 1.29 is 0 Å². The molecule has 0 saturated carbocycles. The van der Waals surface area contributed by atoms with Gasteiger partial charge in [-0.05, 0) is 24.9 Å². The predicted octanol–water partition coefficient (Wildman–Crippen LogP) is 2.24. The highest BCUT2D eigenvalue weighted by atomic mass is 32.2. The van der Waals surface area contributed by atoms with Crippen LogP contribution in [-0.2, 0) is 0 Å². The Morgan fingerprint density at radius 3 is 2.92 bits per heavy atom. The molecule has 0 fully saturated rings. The van der Waals surface area contributed by atoms with Crippen LogP contribution in [-0.4, -0.2) is 14.6 Å². The molecule has 0 amide bonds. The van der Waals surface area contributed by atoms with E-state index in [0.717, 1.165) is 16.6 Å². The maximum Gasteiger partial charge on any atom is 0.171 e. The van der Waals surface area contributed by atoms with Crippen molar-refractivity contribution in [2.45, 2.75) is 29.9 Å². The Kier molecular flexibility index (Phi) is 3.50. The zero-order valence-electron chi connectivity index (χ0n) is 6.94. The topological polar surface area (TPSA) is 49.6 Å². The smallest absolute Gasteiger partial charge is 0.171 e. The number of nitriles is 1. The van der Waals surface area contributed by atoms with Crippen molar-refractivity contribution >= 4 is 23.3 Å². The van der Waals surface area contributed by atoms with E-state index in [2.05, 4.69) is 15.4 Å². The van der Waals surface area contributed by atoms with Crippen LogP contribution in [0.15, 0.2) is 4.34 Å². The van der Waals surface area contributed by atoms with Crippen LogP contribution in [0.25, 0.3) is 0 Å². The van der Waals surface area contributed by atoms with Gasteiger partial charge in [0.2, 0.25) is 0 Å². The second kappa shape index (κ2) is 4.43. The molecule has 0 saturated heterocycles. The molecule has 1 aromatic rings. The summed E-state index contributed by atoms with van der Waals surface area (Å²) < 4.78 is 4.93. The fourth-order valence-corrected chi connectivity index (χ4v) is 2.35. The summed E-state index contributed by atoms with van der Waals surface area (Å²) >= 11 is 2.85. The third-order valence-electron chi connectivity index (χ3n) is 1.27. The van der Waals surface area contributed by atoms with Gasteiger partial charge in [0.25, 0.3) is 0 Å². The van der Waals surface area contributed by atoms with Gasteiger partial charge in [0.05, 0.1) is 11.3 Å². The summed E-state index contributed by atoms with van der Waals surface area (Å²) in [6.07, 6.45) is 0.847. The normalized spacial score (nSPS) is 12.4. The first-order valence-corrected chi connectivity index (χ1v) is 5.28. The molecule has 3 nitrogen and oxygen atoms in total. The zero-order chi connectivity index (χ0) is 8.97. The van der Waals surface area contributed by atoms with Crippen molar-refractivity contribution in [1.82, 2.24) is 9.36 Å². The molecule has 0 N–H and O–H groups in total. The fraction of sp³-hybridized carbons (Fsp3) is 0.571. The SMILES string of the molecule is CCC(C#N)Sc1nc(C)ns1. The fourth-order valence-electron chi connectivity index (χ4n) is 0.649. The van der Waals surface area contributed by atoms with E-state index in [1.165, 1.54) is 23.3 Å². The average molecular weight is 199 g/mol.